The average molecular weight is 396 g/mol. The van der Waals surface area contributed by atoms with Crippen LogP contribution in [-0.2, 0) is 17.8 Å². The van der Waals surface area contributed by atoms with Crippen LogP contribution >= 0.6 is 0 Å². The Morgan fingerprint density at radius 3 is 2.52 bits per heavy atom. The minimum absolute atomic E-state index is 0.123. The number of hydrogen-bond acceptors (Lipinski definition) is 1. The van der Waals surface area contributed by atoms with Crippen LogP contribution in [0.1, 0.15) is 36.8 Å². The van der Waals surface area contributed by atoms with Gasteiger partial charge in [-0.25, -0.2) is 4.39 Å². The molecule has 0 radical (unpaired) electrons. The van der Waals surface area contributed by atoms with E-state index in [9.17, 15) is 9.18 Å². The molecule has 2 fully saturated rings. The molecule has 4 heteroatoms. The summed E-state index contributed by atoms with van der Waals surface area (Å²) in [5.74, 6) is 0.977. The zero-order valence-electron chi connectivity index (χ0n) is 17.2. The molecule has 2 heterocycles. The van der Waals surface area contributed by atoms with Crippen LogP contribution in [0.2, 0.25) is 0 Å². The summed E-state index contributed by atoms with van der Waals surface area (Å²) in [6.07, 6.45) is 5.40. The predicted octanol–water partition coefficient (Wildman–Crippen LogP) is 3.10. The summed E-state index contributed by atoms with van der Waals surface area (Å²) < 4.78 is 13.5. The summed E-state index contributed by atoms with van der Waals surface area (Å²) in [5.41, 5.74) is 2.43. The summed E-state index contributed by atoms with van der Waals surface area (Å²) in [6.45, 7) is 4.54. The highest BCUT2D eigenvalue weighted by molar-refractivity contribution is 5.79. The maximum absolute atomic E-state index is 13.5. The molecule has 2 aliphatic heterocycles. The van der Waals surface area contributed by atoms with Gasteiger partial charge in [0.05, 0.1) is 19.0 Å². The molecule has 2 atom stereocenters. The maximum Gasteiger partial charge on any atom is 0.231 e. The van der Waals surface area contributed by atoms with Crippen molar-refractivity contribution in [2.24, 2.45) is 11.8 Å². The summed E-state index contributed by atoms with van der Waals surface area (Å²) in [6, 6.07) is 17.6. The average Bonchev–Trinajstić information content (AvgIpc) is 2.75. The first-order valence-corrected chi connectivity index (χ1v) is 11.1. The molecule has 0 bridgehead atoms. The van der Waals surface area contributed by atoms with Crippen LogP contribution in [0.5, 0.6) is 0 Å². The molecule has 3 nitrogen and oxygen atoms in total. The molecule has 0 saturated carbocycles. The lowest BCUT2D eigenvalue weighted by Crippen LogP contribution is -3.12. The van der Waals surface area contributed by atoms with E-state index in [4.69, 9.17) is 0 Å². The Bertz CT molecular complexity index is 801. The number of nitrogens with one attached hydrogen (secondary N) is 1. The number of piperidine rings is 2. The van der Waals surface area contributed by atoms with Crippen molar-refractivity contribution in [1.29, 1.82) is 0 Å². The Labute approximate surface area is 173 Å². The molecule has 1 N–H and O–H groups in total. The van der Waals surface area contributed by atoms with E-state index in [1.165, 1.54) is 16.5 Å². The second-order valence-electron chi connectivity index (χ2n) is 8.81. The molecule has 154 valence electrons. The normalized spacial score (nSPS) is 23.1. The number of quaternary nitrogens is 1. The second kappa shape index (κ2) is 9.53. The van der Waals surface area contributed by atoms with Gasteiger partial charge in [0.2, 0.25) is 5.91 Å². The minimum Gasteiger partial charge on any atom is -0.342 e. The first-order valence-electron chi connectivity index (χ1n) is 11.1. The van der Waals surface area contributed by atoms with Crippen molar-refractivity contribution in [1.82, 2.24) is 4.90 Å². The lowest BCUT2D eigenvalue weighted by molar-refractivity contribution is -0.921. The van der Waals surface area contributed by atoms with E-state index in [2.05, 4.69) is 35.2 Å². The molecule has 1 unspecified atom stereocenters. The zero-order valence-corrected chi connectivity index (χ0v) is 17.2. The summed E-state index contributed by atoms with van der Waals surface area (Å²) in [5, 5.41) is 0. The van der Waals surface area contributed by atoms with Gasteiger partial charge in [-0.15, -0.1) is 0 Å². The smallest absolute Gasteiger partial charge is 0.231 e. The maximum atomic E-state index is 13.5. The van der Waals surface area contributed by atoms with Gasteiger partial charge >= 0.3 is 0 Å². The van der Waals surface area contributed by atoms with Crippen LogP contribution in [0, 0.1) is 17.7 Å². The van der Waals surface area contributed by atoms with Gasteiger partial charge in [0.15, 0.2) is 0 Å². The first kappa shape index (κ1) is 20.1. The van der Waals surface area contributed by atoms with Gasteiger partial charge in [-0.3, -0.25) is 4.79 Å². The molecule has 2 aromatic rings. The summed E-state index contributed by atoms with van der Waals surface area (Å²) >= 11 is 0. The fourth-order valence-electron chi connectivity index (χ4n) is 5.02. The Balaban J connectivity index is 1.27. The van der Waals surface area contributed by atoms with Crippen molar-refractivity contribution in [3.05, 3.63) is 71.5 Å². The third kappa shape index (κ3) is 5.45. The van der Waals surface area contributed by atoms with Gasteiger partial charge in [-0.05, 0) is 55.7 Å². The number of carbonyl (C=O) groups excluding carboxylic acids is 1. The van der Waals surface area contributed by atoms with Crippen molar-refractivity contribution >= 4 is 5.91 Å². The highest BCUT2D eigenvalue weighted by atomic mass is 19.1. The molecule has 0 spiro atoms. The van der Waals surface area contributed by atoms with E-state index in [-0.39, 0.29) is 11.7 Å². The van der Waals surface area contributed by atoms with Crippen LogP contribution in [0.4, 0.5) is 4.39 Å². The molecule has 2 aromatic carbocycles. The van der Waals surface area contributed by atoms with Crippen LogP contribution in [0.15, 0.2) is 54.6 Å². The molecule has 1 amide bonds. The van der Waals surface area contributed by atoms with E-state index < -0.39 is 0 Å². The van der Waals surface area contributed by atoms with Crippen molar-refractivity contribution in [3.8, 4) is 0 Å². The lowest BCUT2D eigenvalue weighted by atomic mass is 9.89. The Kier molecular flexibility index (Phi) is 6.60. The Hall–Kier alpha value is -2.20. The third-order valence-corrected chi connectivity index (χ3v) is 6.60. The summed E-state index contributed by atoms with van der Waals surface area (Å²) in [4.78, 5) is 16.6. The van der Waals surface area contributed by atoms with Crippen molar-refractivity contribution in [3.63, 3.8) is 0 Å². The van der Waals surface area contributed by atoms with Crippen LogP contribution in [0.3, 0.4) is 0 Å². The van der Waals surface area contributed by atoms with Crippen molar-refractivity contribution in [2.45, 2.75) is 38.6 Å². The quantitative estimate of drug-likeness (QED) is 0.827. The number of benzene rings is 2. The first-order chi connectivity index (χ1) is 14.2. The van der Waals surface area contributed by atoms with Crippen molar-refractivity contribution < 1.29 is 14.1 Å². The lowest BCUT2D eigenvalue weighted by Gasteiger charge is -2.36. The number of hydrogen-bond donors (Lipinski definition) is 1. The topological polar surface area (TPSA) is 24.8 Å². The number of halogens is 1. The van der Waals surface area contributed by atoms with Gasteiger partial charge in [-0.2, -0.15) is 0 Å². The molecule has 0 aliphatic carbocycles. The van der Waals surface area contributed by atoms with Gasteiger partial charge in [0.25, 0.3) is 0 Å². The van der Waals surface area contributed by atoms with Crippen molar-refractivity contribution in [2.75, 3.05) is 26.2 Å². The molecular weight excluding hydrogens is 363 g/mol. The van der Waals surface area contributed by atoms with E-state index in [0.29, 0.717) is 11.8 Å². The molecule has 2 aliphatic rings. The van der Waals surface area contributed by atoms with E-state index in [1.54, 1.807) is 12.1 Å². The van der Waals surface area contributed by atoms with Gasteiger partial charge in [-0.1, -0.05) is 42.5 Å². The molecule has 29 heavy (non-hydrogen) atoms. The molecule has 4 rings (SSSR count). The SMILES string of the molecule is O=C([C@H]1CCC[NH+](Cc2cccc(F)c2)C1)N1CCC(Cc2ccccc2)CC1. The summed E-state index contributed by atoms with van der Waals surface area (Å²) in [7, 11) is 0. The fourth-order valence-corrected chi connectivity index (χ4v) is 5.02. The Morgan fingerprint density at radius 2 is 1.76 bits per heavy atom. The van der Waals surface area contributed by atoms with Crippen LogP contribution in [0.25, 0.3) is 0 Å². The molecular formula is C25H32FN2O+. The van der Waals surface area contributed by atoms with E-state index in [1.807, 2.05) is 6.07 Å². The molecule has 2 saturated heterocycles. The molecule has 0 aromatic heterocycles. The monoisotopic (exact) mass is 395 g/mol. The van der Waals surface area contributed by atoms with E-state index in [0.717, 1.165) is 70.4 Å². The minimum atomic E-state index is -0.176. The highest BCUT2D eigenvalue weighted by Crippen LogP contribution is 2.23. The van der Waals surface area contributed by atoms with Crippen LogP contribution in [-0.4, -0.2) is 37.0 Å². The largest absolute Gasteiger partial charge is 0.342 e. The number of carbonyl (C=O) groups is 1. The highest BCUT2D eigenvalue weighted by Gasteiger charge is 2.33. The van der Waals surface area contributed by atoms with Crippen LogP contribution < -0.4 is 4.90 Å². The fraction of sp³-hybridized carbons (Fsp3) is 0.480. The number of nitrogens with zero attached hydrogens (tertiary/aromatic N) is 1. The number of rotatable bonds is 5. The van der Waals surface area contributed by atoms with Gasteiger partial charge in [0, 0.05) is 18.7 Å². The number of likely N-dealkylation sites (tertiary alicyclic amines) is 2. The predicted molar refractivity (Wildman–Crippen MR) is 113 cm³/mol. The zero-order chi connectivity index (χ0) is 20.1. The van der Waals surface area contributed by atoms with E-state index >= 15 is 0 Å². The number of amides is 1. The standard InChI is InChI=1S/C25H31FN2O/c26-24-10-4-8-22(17-24)18-27-13-5-9-23(19-27)25(29)28-14-11-21(12-15-28)16-20-6-2-1-3-7-20/h1-4,6-8,10,17,21,23H,5,9,11-16,18-19H2/p+1/t23-/m0/s1. The van der Waals surface area contributed by atoms with Gasteiger partial charge < -0.3 is 9.80 Å². The second-order valence-corrected chi connectivity index (χ2v) is 8.81. The Morgan fingerprint density at radius 1 is 1.00 bits per heavy atom. The van der Waals surface area contributed by atoms with Gasteiger partial charge in [0.1, 0.15) is 12.4 Å². The third-order valence-electron chi connectivity index (χ3n) is 6.60.